The van der Waals surface area contributed by atoms with Crippen LogP contribution in [0, 0.1) is 0 Å². The monoisotopic (exact) mass is 287 g/mol. The largest absolute Gasteiger partial charge is 0.377 e. The average Bonchev–Trinajstić information content (AvgIpc) is 2.93. The average molecular weight is 288 g/mol. The zero-order chi connectivity index (χ0) is 13.8. The molecule has 114 valence electrons. The van der Waals surface area contributed by atoms with Crippen LogP contribution in [0.2, 0.25) is 0 Å². The molecule has 1 fully saturated rings. The third-order valence-electron chi connectivity index (χ3n) is 4.07. The fourth-order valence-corrected chi connectivity index (χ4v) is 3.01. The Morgan fingerprint density at radius 1 is 1.05 bits per heavy atom. The van der Waals surface area contributed by atoms with Crippen molar-refractivity contribution in [3.63, 3.8) is 0 Å². The molecule has 0 radical (unpaired) electrons. The Kier molecular flexibility index (Phi) is 11.0. The molecule has 0 N–H and O–H groups in total. The third-order valence-corrected chi connectivity index (χ3v) is 4.38. The van der Waals surface area contributed by atoms with E-state index in [1.165, 1.54) is 70.9 Å². The highest BCUT2D eigenvalue weighted by Crippen LogP contribution is 2.14. The van der Waals surface area contributed by atoms with Crippen molar-refractivity contribution in [1.29, 1.82) is 0 Å². The molecule has 1 saturated heterocycles. The Morgan fingerprint density at radius 2 is 1.74 bits per heavy atom. The SMILES string of the molecule is CCN(CCCCCCCCCS)CC1CCCO1. The maximum absolute atomic E-state index is 5.72. The quantitative estimate of drug-likeness (QED) is 0.428. The summed E-state index contributed by atoms with van der Waals surface area (Å²) in [5.41, 5.74) is 0. The van der Waals surface area contributed by atoms with Crippen LogP contribution < -0.4 is 0 Å². The standard InChI is InChI=1S/C16H33NOS/c1-2-17(15-16-11-10-13-18-16)12-8-6-4-3-5-7-9-14-19/h16,19H,2-15H2,1H3. The number of hydrogen-bond donors (Lipinski definition) is 1. The second-order valence-electron chi connectivity index (χ2n) is 5.73. The summed E-state index contributed by atoms with van der Waals surface area (Å²) in [5, 5.41) is 0. The second kappa shape index (κ2) is 12.0. The summed E-state index contributed by atoms with van der Waals surface area (Å²) in [6, 6.07) is 0. The number of ether oxygens (including phenoxy) is 1. The molecule has 0 bridgehead atoms. The van der Waals surface area contributed by atoms with Gasteiger partial charge in [0.05, 0.1) is 6.10 Å². The first-order chi connectivity index (χ1) is 9.36. The Bertz CT molecular complexity index is 195. The highest BCUT2D eigenvalue weighted by molar-refractivity contribution is 7.80. The number of hydrogen-bond acceptors (Lipinski definition) is 3. The van der Waals surface area contributed by atoms with E-state index in [1.54, 1.807) is 0 Å². The molecule has 0 amide bonds. The van der Waals surface area contributed by atoms with Crippen LogP contribution in [0.1, 0.15) is 64.7 Å². The van der Waals surface area contributed by atoms with Crippen LogP contribution in [0.3, 0.4) is 0 Å². The molecule has 1 rings (SSSR count). The molecule has 1 aliphatic heterocycles. The van der Waals surface area contributed by atoms with Gasteiger partial charge in [-0.2, -0.15) is 12.6 Å². The molecular weight excluding hydrogens is 254 g/mol. The fraction of sp³-hybridized carbons (Fsp3) is 1.00. The number of thiol groups is 1. The van der Waals surface area contributed by atoms with E-state index < -0.39 is 0 Å². The molecule has 0 saturated carbocycles. The van der Waals surface area contributed by atoms with Crippen molar-refractivity contribution in [2.24, 2.45) is 0 Å². The van der Waals surface area contributed by atoms with Gasteiger partial charge in [-0.05, 0) is 44.5 Å². The van der Waals surface area contributed by atoms with E-state index in [9.17, 15) is 0 Å². The van der Waals surface area contributed by atoms with Gasteiger partial charge in [0.1, 0.15) is 0 Å². The van der Waals surface area contributed by atoms with Crippen molar-refractivity contribution in [2.45, 2.75) is 70.8 Å². The highest BCUT2D eigenvalue weighted by atomic mass is 32.1. The minimum atomic E-state index is 0.515. The van der Waals surface area contributed by atoms with Crippen LogP contribution in [0.25, 0.3) is 0 Å². The van der Waals surface area contributed by atoms with Gasteiger partial charge in [-0.3, -0.25) is 0 Å². The van der Waals surface area contributed by atoms with Crippen LogP contribution in [0.4, 0.5) is 0 Å². The molecule has 1 unspecified atom stereocenters. The molecule has 1 aliphatic rings. The summed E-state index contributed by atoms with van der Waals surface area (Å²) in [4.78, 5) is 2.57. The van der Waals surface area contributed by atoms with E-state index in [4.69, 9.17) is 4.74 Å². The molecule has 0 aromatic heterocycles. The minimum Gasteiger partial charge on any atom is -0.377 e. The van der Waals surface area contributed by atoms with Crippen molar-refractivity contribution in [2.75, 3.05) is 32.0 Å². The van der Waals surface area contributed by atoms with E-state index in [1.807, 2.05) is 0 Å². The lowest BCUT2D eigenvalue weighted by Crippen LogP contribution is -2.32. The van der Waals surface area contributed by atoms with Crippen LogP contribution >= 0.6 is 12.6 Å². The maximum atomic E-state index is 5.72. The molecule has 0 aromatic carbocycles. The lowest BCUT2D eigenvalue weighted by molar-refractivity contribution is 0.0742. The number of unbranched alkanes of at least 4 members (excludes halogenated alkanes) is 6. The number of rotatable bonds is 12. The Labute approximate surface area is 125 Å². The van der Waals surface area contributed by atoms with Crippen molar-refractivity contribution >= 4 is 12.6 Å². The second-order valence-corrected chi connectivity index (χ2v) is 6.17. The zero-order valence-electron chi connectivity index (χ0n) is 12.8. The van der Waals surface area contributed by atoms with Crippen molar-refractivity contribution in [3.05, 3.63) is 0 Å². The van der Waals surface area contributed by atoms with Crippen LogP contribution in [0.5, 0.6) is 0 Å². The summed E-state index contributed by atoms with van der Waals surface area (Å²) in [5.74, 6) is 1.05. The smallest absolute Gasteiger partial charge is 0.0702 e. The number of nitrogens with zero attached hydrogens (tertiary/aromatic N) is 1. The highest BCUT2D eigenvalue weighted by Gasteiger charge is 2.17. The van der Waals surface area contributed by atoms with Gasteiger partial charge in [-0.25, -0.2) is 0 Å². The van der Waals surface area contributed by atoms with E-state index in [2.05, 4.69) is 24.5 Å². The number of likely N-dealkylation sites (N-methyl/N-ethyl adjacent to an activating group) is 1. The van der Waals surface area contributed by atoms with Gasteiger partial charge in [0.25, 0.3) is 0 Å². The summed E-state index contributed by atoms with van der Waals surface area (Å²) in [6.45, 7) is 6.83. The van der Waals surface area contributed by atoms with Crippen molar-refractivity contribution < 1.29 is 4.74 Å². The van der Waals surface area contributed by atoms with Gasteiger partial charge < -0.3 is 9.64 Å². The van der Waals surface area contributed by atoms with E-state index in [-0.39, 0.29) is 0 Å². The molecule has 2 nitrogen and oxygen atoms in total. The van der Waals surface area contributed by atoms with Crippen LogP contribution in [0.15, 0.2) is 0 Å². The van der Waals surface area contributed by atoms with Crippen molar-refractivity contribution in [1.82, 2.24) is 4.90 Å². The predicted octanol–water partition coefficient (Wildman–Crippen LogP) is 4.15. The van der Waals surface area contributed by atoms with Gasteiger partial charge in [0.2, 0.25) is 0 Å². The molecule has 0 spiro atoms. The lowest BCUT2D eigenvalue weighted by atomic mass is 10.1. The summed E-state index contributed by atoms with van der Waals surface area (Å²) in [7, 11) is 0. The first-order valence-corrected chi connectivity index (χ1v) is 8.95. The van der Waals surface area contributed by atoms with Gasteiger partial charge >= 0.3 is 0 Å². The Morgan fingerprint density at radius 3 is 2.32 bits per heavy atom. The zero-order valence-corrected chi connectivity index (χ0v) is 13.7. The molecule has 3 heteroatoms. The predicted molar refractivity (Wildman–Crippen MR) is 87.3 cm³/mol. The Hall–Kier alpha value is 0.270. The summed E-state index contributed by atoms with van der Waals surface area (Å²) < 4.78 is 5.72. The van der Waals surface area contributed by atoms with Gasteiger partial charge in [0.15, 0.2) is 0 Å². The van der Waals surface area contributed by atoms with E-state index in [0.717, 1.165) is 18.9 Å². The summed E-state index contributed by atoms with van der Waals surface area (Å²) in [6.07, 6.45) is 12.6. The Balaban J connectivity index is 1.91. The molecule has 0 aromatic rings. The van der Waals surface area contributed by atoms with Crippen LogP contribution in [-0.4, -0.2) is 43.0 Å². The first kappa shape index (κ1) is 17.3. The minimum absolute atomic E-state index is 0.515. The maximum Gasteiger partial charge on any atom is 0.0702 e. The normalized spacial score (nSPS) is 19.4. The molecule has 19 heavy (non-hydrogen) atoms. The third kappa shape index (κ3) is 8.93. The topological polar surface area (TPSA) is 12.5 Å². The van der Waals surface area contributed by atoms with E-state index in [0.29, 0.717) is 6.10 Å². The molecule has 1 atom stereocenters. The first-order valence-electron chi connectivity index (χ1n) is 8.31. The van der Waals surface area contributed by atoms with Gasteiger partial charge in [0, 0.05) is 13.2 Å². The molecule has 0 aliphatic carbocycles. The lowest BCUT2D eigenvalue weighted by Gasteiger charge is -2.23. The molecule has 1 heterocycles. The summed E-state index contributed by atoms with van der Waals surface area (Å²) >= 11 is 4.24. The van der Waals surface area contributed by atoms with E-state index >= 15 is 0 Å². The fourth-order valence-electron chi connectivity index (χ4n) is 2.79. The van der Waals surface area contributed by atoms with Gasteiger partial charge in [-0.1, -0.05) is 39.0 Å². The molecular formula is C16H33NOS. The van der Waals surface area contributed by atoms with Gasteiger partial charge in [-0.15, -0.1) is 0 Å². The van der Waals surface area contributed by atoms with Crippen molar-refractivity contribution in [3.8, 4) is 0 Å². The van der Waals surface area contributed by atoms with Crippen LogP contribution in [-0.2, 0) is 4.74 Å².